The zero-order valence-corrected chi connectivity index (χ0v) is 15.9. The molecule has 1 fully saturated rings. The minimum Gasteiger partial charge on any atom is -0.394 e. The second kappa shape index (κ2) is 10.5. The molecule has 4 atom stereocenters. The fraction of sp³-hybridized carbons (Fsp3) is 0.722. The van der Waals surface area contributed by atoms with Crippen molar-refractivity contribution in [1.29, 1.82) is 0 Å². The second-order valence-corrected chi connectivity index (χ2v) is 6.69. The second-order valence-electron chi connectivity index (χ2n) is 6.69. The van der Waals surface area contributed by atoms with E-state index in [9.17, 15) is 15.0 Å². The molecule has 1 aromatic heterocycles. The van der Waals surface area contributed by atoms with Crippen LogP contribution in [0.1, 0.15) is 45.8 Å². The Morgan fingerprint density at radius 3 is 2.44 bits per heavy atom. The highest BCUT2D eigenvalue weighted by Crippen LogP contribution is 2.28. The molecule has 0 radical (unpaired) electrons. The SMILES string of the molecule is CCCCN(/C=N/c1ccn([C@@H]2O[C@H](CO)[C@H](O)C2O)c(=O)n1)CCCC. The maximum atomic E-state index is 12.3. The average molecular weight is 382 g/mol. The van der Waals surface area contributed by atoms with Crippen LogP contribution in [0.2, 0.25) is 0 Å². The number of nitrogens with zero attached hydrogens (tertiary/aromatic N) is 4. The van der Waals surface area contributed by atoms with E-state index in [4.69, 9.17) is 9.84 Å². The largest absolute Gasteiger partial charge is 0.394 e. The van der Waals surface area contributed by atoms with Gasteiger partial charge in [0.15, 0.2) is 12.0 Å². The molecule has 1 aliphatic heterocycles. The molecule has 152 valence electrons. The molecule has 1 unspecified atom stereocenters. The molecule has 0 aliphatic carbocycles. The van der Waals surface area contributed by atoms with Crippen LogP contribution in [0.4, 0.5) is 5.82 Å². The normalized spacial score (nSPS) is 25.4. The van der Waals surface area contributed by atoms with Gasteiger partial charge in [0.1, 0.15) is 18.3 Å². The Hall–Kier alpha value is -1.81. The van der Waals surface area contributed by atoms with Gasteiger partial charge in [0.05, 0.1) is 12.9 Å². The van der Waals surface area contributed by atoms with Crippen molar-refractivity contribution in [2.75, 3.05) is 19.7 Å². The van der Waals surface area contributed by atoms with Gasteiger partial charge in [0.25, 0.3) is 0 Å². The van der Waals surface area contributed by atoms with E-state index < -0.39 is 36.8 Å². The molecule has 1 aliphatic rings. The number of aliphatic hydroxyl groups is 3. The molecule has 27 heavy (non-hydrogen) atoms. The third kappa shape index (κ3) is 5.58. The summed E-state index contributed by atoms with van der Waals surface area (Å²) < 4.78 is 6.45. The van der Waals surface area contributed by atoms with E-state index in [1.165, 1.54) is 6.20 Å². The lowest BCUT2D eigenvalue weighted by molar-refractivity contribution is -0.0549. The van der Waals surface area contributed by atoms with E-state index in [-0.39, 0.29) is 5.82 Å². The summed E-state index contributed by atoms with van der Waals surface area (Å²) in [5.74, 6) is 0.265. The Labute approximate surface area is 158 Å². The number of aromatic nitrogens is 2. The van der Waals surface area contributed by atoms with Gasteiger partial charge >= 0.3 is 5.69 Å². The van der Waals surface area contributed by atoms with E-state index in [2.05, 4.69) is 28.7 Å². The van der Waals surface area contributed by atoms with Gasteiger partial charge in [-0.2, -0.15) is 4.98 Å². The molecule has 9 heteroatoms. The summed E-state index contributed by atoms with van der Waals surface area (Å²) in [6.45, 7) is 5.62. The summed E-state index contributed by atoms with van der Waals surface area (Å²) in [5.41, 5.74) is -0.645. The van der Waals surface area contributed by atoms with Gasteiger partial charge in [-0.05, 0) is 18.9 Å². The Morgan fingerprint density at radius 2 is 1.93 bits per heavy atom. The van der Waals surface area contributed by atoms with Crippen molar-refractivity contribution in [2.45, 2.75) is 64.1 Å². The van der Waals surface area contributed by atoms with Crippen molar-refractivity contribution in [3.8, 4) is 0 Å². The Balaban J connectivity index is 2.10. The van der Waals surface area contributed by atoms with E-state index >= 15 is 0 Å². The number of unbranched alkanes of at least 4 members (excludes halogenated alkanes) is 2. The third-order valence-corrected chi connectivity index (χ3v) is 4.56. The van der Waals surface area contributed by atoms with Crippen LogP contribution >= 0.6 is 0 Å². The Bertz CT molecular complexity index is 657. The number of rotatable bonds is 10. The number of ether oxygens (including phenoxy) is 1. The molecule has 0 aromatic carbocycles. The number of aliphatic imine (C=N–C) groups is 1. The maximum Gasteiger partial charge on any atom is 0.351 e. The quantitative estimate of drug-likeness (QED) is 0.396. The monoisotopic (exact) mass is 382 g/mol. The van der Waals surface area contributed by atoms with Gasteiger partial charge in [-0.1, -0.05) is 26.7 Å². The minimum absolute atomic E-state index is 0.265. The standard InChI is InChI=1S/C18H30N4O5/c1-3-5-8-21(9-6-4-2)12-19-14-7-10-22(18(26)20-14)17-16(25)15(24)13(11-23)27-17/h7,10,12-13,15-17,23-25H,3-6,8-9,11H2,1-2H3/b19-12+/t13-,15+,16?,17-/m1/s1. The predicted octanol–water partition coefficient (Wildman–Crippen LogP) is 0.417. The van der Waals surface area contributed by atoms with Crippen LogP contribution in [0, 0.1) is 0 Å². The van der Waals surface area contributed by atoms with Crippen molar-refractivity contribution in [1.82, 2.24) is 14.5 Å². The molecule has 2 rings (SSSR count). The van der Waals surface area contributed by atoms with Crippen molar-refractivity contribution in [3.05, 3.63) is 22.7 Å². The van der Waals surface area contributed by atoms with Crippen molar-refractivity contribution in [3.63, 3.8) is 0 Å². The first-order chi connectivity index (χ1) is 13.0. The zero-order chi connectivity index (χ0) is 19.8. The molecule has 1 saturated heterocycles. The zero-order valence-electron chi connectivity index (χ0n) is 15.9. The van der Waals surface area contributed by atoms with E-state index in [1.807, 2.05) is 0 Å². The molecule has 3 N–H and O–H groups in total. The number of hydrogen-bond donors (Lipinski definition) is 3. The highest BCUT2D eigenvalue weighted by Gasteiger charge is 2.43. The van der Waals surface area contributed by atoms with Crippen LogP contribution < -0.4 is 5.69 Å². The third-order valence-electron chi connectivity index (χ3n) is 4.56. The maximum absolute atomic E-state index is 12.3. The Kier molecular flexibility index (Phi) is 8.36. The van der Waals surface area contributed by atoms with Gasteiger partial charge in [-0.25, -0.2) is 9.79 Å². The van der Waals surface area contributed by atoms with E-state index in [0.717, 1.165) is 43.3 Å². The predicted molar refractivity (Wildman–Crippen MR) is 101 cm³/mol. The van der Waals surface area contributed by atoms with Gasteiger partial charge < -0.3 is 25.0 Å². The summed E-state index contributed by atoms with van der Waals surface area (Å²) in [7, 11) is 0. The van der Waals surface area contributed by atoms with Crippen LogP contribution in [0.25, 0.3) is 0 Å². The van der Waals surface area contributed by atoms with Crippen molar-refractivity contribution in [2.24, 2.45) is 4.99 Å². The van der Waals surface area contributed by atoms with Crippen molar-refractivity contribution < 1.29 is 20.1 Å². The topological polar surface area (TPSA) is 120 Å². The summed E-state index contributed by atoms with van der Waals surface area (Å²) in [5, 5.41) is 29.0. The first kappa shape index (κ1) is 21.5. The lowest BCUT2D eigenvalue weighted by atomic mass is 10.1. The molecular formula is C18H30N4O5. The summed E-state index contributed by atoms with van der Waals surface area (Å²) in [6, 6.07) is 1.55. The first-order valence-corrected chi connectivity index (χ1v) is 9.51. The van der Waals surface area contributed by atoms with Crippen molar-refractivity contribution >= 4 is 12.2 Å². The number of aliphatic hydroxyl groups excluding tert-OH is 3. The molecule has 0 amide bonds. The molecule has 0 spiro atoms. The fourth-order valence-corrected chi connectivity index (χ4v) is 2.87. The van der Waals surface area contributed by atoms with Gasteiger partial charge in [-0.3, -0.25) is 4.57 Å². The van der Waals surface area contributed by atoms with Crippen LogP contribution in [-0.2, 0) is 4.74 Å². The van der Waals surface area contributed by atoms with Crippen LogP contribution in [-0.4, -0.2) is 74.1 Å². The van der Waals surface area contributed by atoms with Gasteiger partial charge in [0.2, 0.25) is 0 Å². The first-order valence-electron chi connectivity index (χ1n) is 9.51. The molecular weight excluding hydrogens is 352 g/mol. The highest BCUT2D eigenvalue weighted by atomic mass is 16.6. The van der Waals surface area contributed by atoms with Crippen LogP contribution in [0.15, 0.2) is 22.1 Å². The molecule has 9 nitrogen and oxygen atoms in total. The summed E-state index contributed by atoms with van der Waals surface area (Å²) in [4.78, 5) is 22.6. The fourth-order valence-electron chi connectivity index (χ4n) is 2.87. The summed E-state index contributed by atoms with van der Waals surface area (Å²) in [6.07, 6.45) is 2.82. The number of hydrogen-bond acceptors (Lipinski definition) is 7. The van der Waals surface area contributed by atoms with Gasteiger partial charge in [-0.15, -0.1) is 0 Å². The van der Waals surface area contributed by atoms with Crippen LogP contribution in [0.5, 0.6) is 0 Å². The molecule has 1 aromatic rings. The Morgan fingerprint density at radius 1 is 1.26 bits per heavy atom. The lowest BCUT2D eigenvalue weighted by Gasteiger charge is -2.19. The molecule has 0 bridgehead atoms. The van der Waals surface area contributed by atoms with Crippen LogP contribution in [0.3, 0.4) is 0 Å². The molecule has 0 saturated carbocycles. The van der Waals surface area contributed by atoms with E-state index in [0.29, 0.717) is 0 Å². The lowest BCUT2D eigenvalue weighted by Crippen LogP contribution is -2.35. The molecule has 2 heterocycles. The minimum atomic E-state index is -1.32. The van der Waals surface area contributed by atoms with Gasteiger partial charge in [0, 0.05) is 19.3 Å². The smallest absolute Gasteiger partial charge is 0.351 e. The van der Waals surface area contributed by atoms with E-state index in [1.54, 1.807) is 12.4 Å². The summed E-state index contributed by atoms with van der Waals surface area (Å²) >= 11 is 0. The highest BCUT2D eigenvalue weighted by molar-refractivity contribution is 5.59. The average Bonchev–Trinajstić information content (AvgIpc) is 2.95.